The van der Waals surface area contributed by atoms with E-state index in [0.717, 1.165) is 38.0 Å². The van der Waals surface area contributed by atoms with Crippen LogP contribution in [0.3, 0.4) is 0 Å². The van der Waals surface area contributed by atoms with Gasteiger partial charge in [0.25, 0.3) is 0 Å². The SMILES string of the molecule is O=C(O)c1ccc(CN2CC(O)(C3CC3)C2)cc1. The number of β-amino-alcohol motifs (C(OH)–C–C–N with tert-alkyl or cyclic N) is 1. The van der Waals surface area contributed by atoms with Gasteiger partial charge < -0.3 is 10.2 Å². The molecule has 2 fully saturated rings. The summed E-state index contributed by atoms with van der Waals surface area (Å²) in [5.74, 6) is -0.378. The van der Waals surface area contributed by atoms with E-state index >= 15 is 0 Å². The summed E-state index contributed by atoms with van der Waals surface area (Å²) in [6, 6.07) is 6.95. The van der Waals surface area contributed by atoms with Crippen molar-refractivity contribution in [1.29, 1.82) is 0 Å². The summed E-state index contributed by atoms with van der Waals surface area (Å²) in [6.45, 7) is 2.28. The molecule has 3 rings (SSSR count). The van der Waals surface area contributed by atoms with Crippen LogP contribution in [-0.4, -0.2) is 39.8 Å². The number of carbonyl (C=O) groups is 1. The van der Waals surface area contributed by atoms with E-state index in [0.29, 0.717) is 11.5 Å². The Hall–Kier alpha value is -1.39. The molecule has 18 heavy (non-hydrogen) atoms. The molecule has 1 aliphatic carbocycles. The van der Waals surface area contributed by atoms with Gasteiger partial charge in [0.2, 0.25) is 0 Å². The van der Waals surface area contributed by atoms with Crippen LogP contribution in [0.5, 0.6) is 0 Å². The number of benzene rings is 1. The van der Waals surface area contributed by atoms with E-state index < -0.39 is 11.6 Å². The number of hydrogen-bond donors (Lipinski definition) is 2. The van der Waals surface area contributed by atoms with Crippen LogP contribution in [0.15, 0.2) is 24.3 Å². The molecule has 1 aromatic rings. The average Bonchev–Trinajstić information content (AvgIpc) is 3.11. The van der Waals surface area contributed by atoms with E-state index in [1.54, 1.807) is 12.1 Å². The van der Waals surface area contributed by atoms with Gasteiger partial charge in [-0.2, -0.15) is 0 Å². The third-order valence-corrected chi connectivity index (χ3v) is 3.94. The topological polar surface area (TPSA) is 60.8 Å². The molecule has 0 unspecified atom stereocenters. The van der Waals surface area contributed by atoms with Gasteiger partial charge in [0.15, 0.2) is 0 Å². The first-order valence-electron chi connectivity index (χ1n) is 6.34. The van der Waals surface area contributed by atoms with Crippen molar-refractivity contribution in [3.63, 3.8) is 0 Å². The molecule has 1 heterocycles. The van der Waals surface area contributed by atoms with Gasteiger partial charge in [-0.1, -0.05) is 12.1 Å². The van der Waals surface area contributed by atoms with Crippen molar-refractivity contribution in [1.82, 2.24) is 4.90 Å². The molecule has 4 nitrogen and oxygen atoms in total. The minimum Gasteiger partial charge on any atom is -0.478 e. The summed E-state index contributed by atoms with van der Waals surface area (Å²) in [5, 5.41) is 19.0. The lowest BCUT2D eigenvalue weighted by Gasteiger charge is -2.47. The molecule has 1 aliphatic heterocycles. The minimum atomic E-state index is -0.895. The molecule has 0 atom stereocenters. The highest BCUT2D eigenvalue weighted by atomic mass is 16.4. The quantitative estimate of drug-likeness (QED) is 0.843. The molecule has 4 heteroatoms. The van der Waals surface area contributed by atoms with Crippen LogP contribution in [0.2, 0.25) is 0 Å². The van der Waals surface area contributed by atoms with Crippen LogP contribution in [0.25, 0.3) is 0 Å². The van der Waals surface area contributed by atoms with Gasteiger partial charge >= 0.3 is 5.97 Å². The van der Waals surface area contributed by atoms with Crippen molar-refractivity contribution in [2.24, 2.45) is 5.92 Å². The second kappa shape index (κ2) is 4.07. The summed E-state index contributed by atoms with van der Waals surface area (Å²) in [5.41, 5.74) is 0.968. The molecule has 0 amide bonds. The molecule has 0 bridgehead atoms. The van der Waals surface area contributed by atoms with Crippen molar-refractivity contribution in [3.8, 4) is 0 Å². The van der Waals surface area contributed by atoms with Gasteiger partial charge in [-0.05, 0) is 36.5 Å². The van der Waals surface area contributed by atoms with E-state index in [1.165, 1.54) is 0 Å². The molecule has 0 spiro atoms. The number of carboxylic acids is 1. The second-order valence-corrected chi connectivity index (χ2v) is 5.53. The summed E-state index contributed by atoms with van der Waals surface area (Å²) < 4.78 is 0. The Morgan fingerprint density at radius 2 is 1.89 bits per heavy atom. The lowest BCUT2D eigenvalue weighted by molar-refractivity contribution is -0.116. The van der Waals surface area contributed by atoms with Crippen LogP contribution in [0.4, 0.5) is 0 Å². The van der Waals surface area contributed by atoms with Crippen LogP contribution >= 0.6 is 0 Å². The number of aromatic carboxylic acids is 1. The van der Waals surface area contributed by atoms with Crippen LogP contribution < -0.4 is 0 Å². The Labute approximate surface area is 106 Å². The van der Waals surface area contributed by atoms with E-state index in [9.17, 15) is 9.90 Å². The van der Waals surface area contributed by atoms with Gasteiger partial charge in [-0.25, -0.2) is 4.79 Å². The van der Waals surface area contributed by atoms with Crippen molar-refractivity contribution < 1.29 is 15.0 Å². The normalized spacial score (nSPS) is 22.5. The number of likely N-dealkylation sites (tertiary alicyclic amines) is 1. The highest BCUT2D eigenvalue weighted by molar-refractivity contribution is 5.87. The Kier molecular flexibility index (Phi) is 2.64. The molecule has 1 saturated carbocycles. The zero-order chi connectivity index (χ0) is 12.8. The van der Waals surface area contributed by atoms with Crippen molar-refractivity contribution in [2.45, 2.75) is 25.0 Å². The lowest BCUT2D eigenvalue weighted by Crippen LogP contribution is -2.62. The summed E-state index contributed by atoms with van der Waals surface area (Å²) in [7, 11) is 0. The zero-order valence-corrected chi connectivity index (χ0v) is 10.2. The predicted molar refractivity (Wildman–Crippen MR) is 66.4 cm³/mol. The average molecular weight is 247 g/mol. The maximum Gasteiger partial charge on any atom is 0.335 e. The van der Waals surface area contributed by atoms with E-state index in [1.807, 2.05) is 12.1 Å². The first-order valence-corrected chi connectivity index (χ1v) is 6.34. The van der Waals surface area contributed by atoms with Gasteiger partial charge in [0, 0.05) is 19.6 Å². The van der Waals surface area contributed by atoms with Gasteiger partial charge in [-0.15, -0.1) is 0 Å². The third-order valence-electron chi connectivity index (χ3n) is 3.94. The van der Waals surface area contributed by atoms with Gasteiger partial charge in [0.05, 0.1) is 11.2 Å². The second-order valence-electron chi connectivity index (χ2n) is 5.53. The summed E-state index contributed by atoms with van der Waals surface area (Å²) >= 11 is 0. The maximum absolute atomic E-state index is 10.7. The Morgan fingerprint density at radius 3 is 2.39 bits per heavy atom. The van der Waals surface area contributed by atoms with Crippen molar-refractivity contribution >= 4 is 5.97 Å². The molecule has 0 radical (unpaired) electrons. The largest absolute Gasteiger partial charge is 0.478 e. The number of aliphatic hydroxyl groups is 1. The Bertz CT molecular complexity index is 458. The fourth-order valence-electron chi connectivity index (χ4n) is 2.73. The number of nitrogens with zero attached hydrogens (tertiary/aromatic N) is 1. The van der Waals surface area contributed by atoms with E-state index in [4.69, 9.17) is 5.11 Å². The first-order chi connectivity index (χ1) is 8.57. The molecule has 1 aromatic carbocycles. The molecule has 96 valence electrons. The number of carboxylic acid groups (broad SMARTS) is 1. The van der Waals surface area contributed by atoms with Crippen molar-refractivity contribution in [3.05, 3.63) is 35.4 Å². The maximum atomic E-state index is 10.7. The Morgan fingerprint density at radius 1 is 1.28 bits per heavy atom. The highest BCUT2D eigenvalue weighted by Gasteiger charge is 2.51. The highest BCUT2D eigenvalue weighted by Crippen LogP contribution is 2.44. The minimum absolute atomic E-state index is 0.317. The van der Waals surface area contributed by atoms with Crippen LogP contribution in [0, 0.1) is 5.92 Å². The number of hydrogen-bond acceptors (Lipinski definition) is 3. The predicted octanol–water partition coefficient (Wildman–Crippen LogP) is 1.34. The van der Waals surface area contributed by atoms with Gasteiger partial charge in [-0.3, -0.25) is 4.90 Å². The monoisotopic (exact) mass is 247 g/mol. The molecule has 2 aliphatic rings. The molecule has 0 aromatic heterocycles. The number of rotatable bonds is 4. The summed E-state index contributed by atoms with van der Waals surface area (Å²) in [4.78, 5) is 12.9. The fourth-order valence-corrected chi connectivity index (χ4v) is 2.73. The first kappa shape index (κ1) is 11.7. The third kappa shape index (κ3) is 2.13. The molecular formula is C14H17NO3. The Balaban J connectivity index is 1.56. The van der Waals surface area contributed by atoms with Crippen LogP contribution in [0.1, 0.15) is 28.8 Å². The van der Waals surface area contributed by atoms with Crippen LogP contribution in [-0.2, 0) is 6.54 Å². The van der Waals surface area contributed by atoms with Crippen molar-refractivity contribution in [2.75, 3.05) is 13.1 Å². The standard InChI is InChI=1S/C14H17NO3/c16-13(17)11-3-1-10(2-4-11)7-15-8-14(18,9-15)12-5-6-12/h1-4,12,18H,5-9H2,(H,16,17). The van der Waals surface area contributed by atoms with E-state index in [2.05, 4.69) is 4.90 Å². The lowest BCUT2D eigenvalue weighted by atomic mass is 9.88. The molecular weight excluding hydrogens is 230 g/mol. The fraction of sp³-hybridized carbons (Fsp3) is 0.500. The summed E-state index contributed by atoms with van der Waals surface area (Å²) in [6.07, 6.45) is 2.33. The van der Waals surface area contributed by atoms with Gasteiger partial charge in [0.1, 0.15) is 0 Å². The zero-order valence-electron chi connectivity index (χ0n) is 10.2. The van der Waals surface area contributed by atoms with E-state index in [-0.39, 0.29) is 0 Å². The smallest absolute Gasteiger partial charge is 0.335 e. The molecule has 1 saturated heterocycles. The molecule has 2 N–H and O–H groups in total.